The van der Waals surface area contributed by atoms with E-state index in [4.69, 9.17) is 10.8 Å². The maximum atomic E-state index is 10.9. The molecule has 4 N–H and O–H groups in total. The fourth-order valence-electron chi connectivity index (χ4n) is 1.23. The minimum Gasteiger partial charge on any atom is -0.480 e. The molecule has 0 radical (unpaired) electrons. The lowest BCUT2D eigenvalue weighted by Gasteiger charge is -2.23. The highest BCUT2D eigenvalue weighted by atomic mass is 32.2. The normalized spacial score (nSPS) is 18.8. The fourth-order valence-corrected chi connectivity index (χ4v) is 2.19. The first kappa shape index (κ1) is 15.7. The second-order valence-electron chi connectivity index (χ2n) is 4.23. The van der Waals surface area contributed by atoms with Crippen LogP contribution in [0.4, 0.5) is 0 Å². The SMILES string of the molecule is CCC(N)(CCCSC(C)C(C)O)C(=O)O. The number of thioether (sulfide) groups is 1. The average molecular weight is 249 g/mol. The van der Waals surface area contributed by atoms with Gasteiger partial charge in [0.25, 0.3) is 0 Å². The Labute approximate surface area is 102 Å². The summed E-state index contributed by atoms with van der Waals surface area (Å²) in [5.74, 6) is -0.0956. The minimum absolute atomic E-state index is 0.179. The van der Waals surface area contributed by atoms with E-state index in [2.05, 4.69) is 0 Å². The Hall–Kier alpha value is -0.260. The maximum Gasteiger partial charge on any atom is 0.323 e. The van der Waals surface area contributed by atoms with Crippen molar-refractivity contribution in [2.24, 2.45) is 5.73 Å². The standard InChI is InChI=1S/C11H23NO3S/c1-4-11(12,10(14)15)6-5-7-16-9(3)8(2)13/h8-9,13H,4-7,12H2,1-3H3,(H,14,15). The number of hydrogen-bond donors (Lipinski definition) is 3. The third-order valence-corrected chi connectivity index (χ3v) is 4.33. The first-order chi connectivity index (χ1) is 7.33. The second-order valence-corrected chi connectivity index (χ2v) is 5.72. The van der Waals surface area contributed by atoms with Gasteiger partial charge in [0, 0.05) is 5.25 Å². The van der Waals surface area contributed by atoms with Crippen LogP contribution in [0, 0.1) is 0 Å². The number of carbonyl (C=O) groups is 1. The minimum atomic E-state index is -1.09. The zero-order chi connectivity index (χ0) is 12.8. The van der Waals surface area contributed by atoms with Gasteiger partial charge in [-0.3, -0.25) is 4.79 Å². The summed E-state index contributed by atoms with van der Waals surface area (Å²) in [6, 6.07) is 0. The fraction of sp³-hybridized carbons (Fsp3) is 0.909. The molecule has 16 heavy (non-hydrogen) atoms. The lowest BCUT2D eigenvalue weighted by atomic mass is 9.92. The molecule has 0 aromatic rings. The van der Waals surface area contributed by atoms with Crippen molar-refractivity contribution in [3.8, 4) is 0 Å². The first-order valence-electron chi connectivity index (χ1n) is 5.65. The molecular formula is C11H23NO3S. The molecule has 0 rings (SSSR count). The molecule has 3 atom stereocenters. The molecule has 0 aromatic carbocycles. The molecule has 0 aliphatic carbocycles. The van der Waals surface area contributed by atoms with Crippen LogP contribution >= 0.6 is 11.8 Å². The van der Waals surface area contributed by atoms with E-state index in [-0.39, 0.29) is 11.4 Å². The summed E-state index contributed by atoms with van der Waals surface area (Å²) in [5, 5.41) is 18.4. The predicted octanol–water partition coefficient (Wildman–Crippen LogP) is 1.46. The summed E-state index contributed by atoms with van der Waals surface area (Å²) >= 11 is 1.65. The number of aliphatic hydroxyl groups excluding tert-OH is 1. The van der Waals surface area contributed by atoms with E-state index in [1.165, 1.54) is 0 Å². The van der Waals surface area contributed by atoms with E-state index >= 15 is 0 Å². The summed E-state index contributed by atoms with van der Waals surface area (Å²) in [7, 11) is 0. The highest BCUT2D eigenvalue weighted by molar-refractivity contribution is 7.99. The van der Waals surface area contributed by atoms with Crippen LogP contribution in [-0.4, -0.2) is 38.8 Å². The molecule has 0 aliphatic rings. The van der Waals surface area contributed by atoms with Gasteiger partial charge in [-0.25, -0.2) is 0 Å². The van der Waals surface area contributed by atoms with Crippen molar-refractivity contribution in [2.45, 2.75) is 56.9 Å². The number of carboxylic acid groups (broad SMARTS) is 1. The van der Waals surface area contributed by atoms with Crippen molar-refractivity contribution in [1.82, 2.24) is 0 Å². The summed E-state index contributed by atoms with van der Waals surface area (Å²) in [6.45, 7) is 5.51. The molecule has 0 spiro atoms. The van der Waals surface area contributed by atoms with E-state index in [1.54, 1.807) is 25.6 Å². The smallest absolute Gasteiger partial charge is 0.323 e. The van der Waals surface area contributed by atoms with Crippen LogP contribution in [0.15, 0.2) is 0 Å². The van der Waals surface area contributed by atoms with E-state index in [0.29, 0.717) is 12.8 Å². The molecule has 0 fully saturated rings. The number of carboxylic acids is 1. The monoisotopic (exact) mass is 249 g/mol. The quantitative estimate of drug-likeness (QED) is 0.567. The first-order valence-corrected chi connectivity index (χ1v) is 6.70. The number of hydrogen-bond acceptors (Lipinski definition) is 4. The van der Waals surface area contributed by atoms with Gasteiger partial charge in [0.05, 0.1) is 6.10 Å². The van der Waals surface area contributed by atoms with E-state index in [1.807, 2.05) is 6.92 Å². The number of rotatable bonds is 8. The van der Waals surface area contributed by atoms with Gasteiger partial charge in [0.1, 0.15) is 5.54 Å². The molecule has 5 heteroatoms. The summed E-state index contributed by atoms with van der Waals surface area (Å²) in [6.07, 6.45) is 1.36. The molecule has 0 aromatic heterocycles. The Morgan fingerprint density at radius 1 is 1.50 bits per heavy atom. The summed E-state index contributed by atoms with van der Waals surface area (Å²) < 4.78 is 0. The van der Waals surface area contributed by atoms with Gasteiger partial charge in [-0.2, -0.15) is 11.8 Å². The largest absolute Gasteiger partial charge is 0.480 e. The highest BCUT2D eigenvalue weighted by Gasteiger charge is 2.30. The van der Waals surface area contributed by atoms with Gasteiger partial charge < -0.3 is 15.9 Å². The Bertz CT molecular complexity index is 223. The van der Waals surface area contributed by atoms with Crippen LogP contribution in [0.1, 0.15) is 40.0 Å². The second kappa shape index (κ2) is 7.14. The van der Waals surface area contributed by atoms with Gasteiger partial charge in [-0.15, -0.1) is 0 Å². The number of nitrogens with two attached hydrogens (primary N) is 1. The summed E-state index contributed by atoms with van der Waals surface area (Å²) in [4.78, 5) is 10.9. The Morgan fingerprint density at radius 2 is 2.06 bits per heavy atom. The van der Waals surface area contributed by atoms with Crippen LogP contribution in [0.25, 0.3) is 0 Å². The molecule has 3 unspecified atom stereocenters. The topological polar surface area (TPSA) is 83.5 Å². The Balaban J connectivity index is 3.85. The van der Waals surface area contributed by atoms with Crippen molar-refractivity contribution >= 4 is 17.7 Å². The zero-order valence-corrected chi connectivity index (χ0v) is 11.1. The van der Waals surface area contributed by atoms with Crippen molar-refractivity contribution in [1.29, 1.82) is 0 Å². The third kappa shape index (κ3) is 5.18. The molecule has 0 amide bonds. The van der Waals surface area contributed by atoms with Crippen LogP contribution in [0.5, 0.6) is 0 Å². The average Bonchev–Trinajstić information content (AvgIpc) is 2.23. The molecular weight excluding hydrogens is 226 g/mol. The van der Waals surface area contributed by atoms with Gasteiger partial charge in [0.2, 0.25) is 0 Å². The van der Waals surface area contributed by atoms with Crippen LogP contribution in [0.2, 0.25) is 0 Å². The zero-order valence-electron chi connectivity index (χ0n) is 10.3. The predicted molar refractivity (Wildman–Crippen MR) is 67.7 cm³/mol. The molecule has 96 valence electrons. The van der Waals surface area contributed by atoms with Crippen LogP contribution in [0.3, 0.4) is 0 Å². The van der Waals surface area contributed by atoms with Crippen LogP contribution in [-0.2, 0) is 4.79 Å². The highest BCUT2D eigenvalue weighted by Crippen LogP contribution is 2.20. The van der Waals surface area contributed by atoms with Gasteiger partial charge >= 0.3 is 5.97 Å². The summed E-state index contributed by atoms with van der Waals surface area (Å²) in [5.41, 5.74) is 4.67. The van der Waals surface area contributed by atoms with E-state index in [9.17, 15) is 9.90 Å². The maximum absolute atomic E-state index is 10.9. The van der Waals surface area contributed by atoms with E-state index in [0.717, 1.165) is 12.2 Å². The van der Waals surface area contributed by atoms with Crippen molar-refractivity contribution in [3.05, 3.63) is 0 Å². The van der Waals surface area contributed by atoms with Crippen molar-refractivity contribution in [3.63, 3.8) is 0 Å². The third-order valence-electron chi connectivity index (χ3n) is 2.88. The van der Waals surface area contributed by atoms with Gasteiger partial charge in [0.15, 0.2) is 0 Å². The molecule has 0 aliphatic heterocycles. The van der Waals surface area contributed by atoms with Crippen LogP contribution < -0.4 is 5.73 Å². The Kier molecular flexibility index (Phi) is 7.03. The number of aliphatic carboxylic acids is 1. The van der Waals surface area contributed by atoms with Gasteiger partial charge in [-0.05, 0) is 31.9 Å². The van der Waals surface area contributed by atoms with Crippen molar-refractivity contribution < 1.29 is 15.0 Å². The number of aliphatic hydroxyl groups is 1. The van der Waals surface area contributed by atoms with Crippen molar-refractivity contribution in [2.75, 3.05) is 5.75 Å². The van der Waals surface area contributed by atoms with E-state index < -0.39 is 11.5 Å². The Morgan fingerprint density at radius 3 is 2.44 bits per heavy atom. The molecule has 4 nitrogen and oxygen atoms in total. The molecule has 0 bridgehead atoms. The lowest BCUT2D eigenvalue weighted by Crippen LogP contribution is -2.47. The molecule has 0 saturated carbocycles. The lowest BCUT2D eigenvalue weighted by molar-refractivity contribution is -0.143. The molecule has 0 saturated heterocycles. The molecule has 0 heterocycles. The van der Waals surface area contributed by atoms with Gasteiger partial charge in [-0.1, -0.05) is 13.8 Å².